The normalized spacial score (nSPS) is 13.2. The Hall–Kier alpha value is -3.72. The maximum Gasteiger partial charge on any atom is 0.328 e. The molecule has 0 saturated heterocycles. The second-order valence-electron chi connectivity index (χ2n) is 15.1. The van der Waals surface area contributed by atoms with Crippen LogP contribution in [0.4, 0.5) is 0 Å². The van der Waals surface area contributed by atoms with E-state index in [1.807, 2.05) is 0 Å². The first-order valence-electron chi connectivity index (χ1n) is 22.8. The molecule has 330 valence electrons. The second-order valence-corrected chi connectivity index (χ2v) is 15.1. The van der Waals surface area contributed by atoms with E-state index in [1.54, 1.807) is 0 Å². The summed E-state index contributed by atoms with van der Waals surface area (Å²) in [5.74, 6) is -2.35. The fourth-order valence-electron chi connectivity index (χ4n) is 6.21. The minimum atomic E-state index is -1.39. The molecule has 0 aromatic carbocycles. The molecule has 0 aliphatic carbocycles. The fraction of sp³-hybridized carbons (Fsp3) is 0.673. The summed E-state index contributed by atoms with van der Waals surface area (Å²) in [4.78, 5) is 47.7. The van der Waals surface area contributed by atoms with E-state index in [2.05, 4.69) is 97.4 Å². The number of amides is 2. The molecule has 0 bridgehead atoms. The van der Waals surface area contributed by atoms with Gasteiger partial charge in [-0.2, -0.15) is 0 Å². The summed E-state index contributed by atoms with van der Waals surface area (Å²) in [7, 11) is 0. The molecule has 0 fully saturated rings. The standard InChI is InChI=1S/C49H82N2O7/c1-3-5-7-9-11-13-15-17-19-21-23-25-27-30-34-38-44(39-35-31-29-32-36-40-46(53)50-42-47(54)51-45(43-52)49(56)57)58-48(55)41-37-33-28-26-24-22-20-18-16-14-12-10-8-6-4-2/h5,7,11-14,17-20,23,25,44-45,52H,3-4,6,8-10,15-16,21-22,24,26-43H2,1-2H3,(H,50,53)(H,51,54)(H,56,57)/b7-5-,13-11-,14-12-,19-17-,20-18-,25-23-. The number of carboxylic acid groups (broad SMARTS) is 1. The smallest absolute Gasteiger partial charge is 0.328 e. The van der Waals surface area contributed by atoms with E-state index in [0.717, 1.165) is 116 Å². The number of rotatable bonds is 40. The summed E-state index contributed by atoms with van der Waals surface area (Å²) in [5.41, 5.74) is 0. The molecule has 0 aliphatic heterocycles. The van der Waals surface area contributed by atoms with Gasteiger partial charge in [0, 0.05) is 12.8 Å². The highest BCUT2D eigenvalue weighted by molar-refractivity contribution is 5.87. The van der Waals surface area contributed by atoms with E-state index < -0.39 is 24.5 Å². The number of aliphatic hydroxyl groups is 1. The molecule has 0 aromatic rings. The van der Waals surface area contributed by atoms with Crippen molar-refractivity contribution in [3.05, 3.63) is 72.9 Å². The van der Waals surface area contributed by atoms with Crippen molar-refractivity contribution in [2.45, 2.75) is 199 Å². The molecule has 0 saturated carbocycles. The van der Waals surface area contributed by atoms with E-state index in [9.17, 15) is 19.2 Å². The van der Waals surface area contributed by atoms with Crippen LogP contribution in [0.3, 0.4) is 0 Å². The number of hydrogen-bond acceptors (Lipinski definition) is 6. The average molecular weight is 811 g/mol. The van der Waals surface area contributed by atoms with Gasteiger partial charge in [0.15, 0.2) is 0 Å². The van der Waals surface area contributed by atoms with Crippen LogP contribution in [0, 0.1) is 0 Å². The lowest BCUT2D eigenvalue weighted by Gasteiger charge is -2.18. The van der Waals surface area contributed by atoms with Gasteiger partial charge in [0.1, 0.15) is 12.1 Å². The van der Waals surface area contributed by atoms with Crippen LogP contribution >= 0.6 is 0 Å². The van der Waals surface area contributed by atoms with Crippen LogP contribution < -0.4 is 10.6 Å². The van der Waals surface area contributed by atoms with E-state index in [-0.39, 0.29) is 30.9 Å². The van der Waals surface area contributed by atoms with Crippen molar-refractivity contribution >= 4 is 23.8 Å². The molecule has 0 radical (unpaired) electrons. The molecule has 4 N–H and O–H groups in total. The van der Waals surface area contributed by atoms with Gasteiger partial charge in [0.2, 0.25) is 11.8 Å². The van der Waals surface area contributed by atoms with Gasteiger partial charge in [0.25, 0.3) is 0 Å². The maximum atomic E-state index is 12.8. The Labute approximate surface area is 353 Å². The third kappa shape index (κ3) is 39.1. The second kappa shape index (κ2) is 42.9. The number of carboxylic acids is 1. The van der Waals surface area contributed by atoms with Crippen molar-refractivity contribution in [1.29, 1.82) is 0 Å². The van der Waals surface area contributed by atoms with Crippen LogP contribution in [-0.4, -0.2) is 59.3 Å². The van der Waals surface area contributed by atoms with Gasteiger partial charge in [-0.25, -0.2) is 4.79 Å². The highest BCUT2D eigenvalue weighted by atomic mass is 16.5. The van der Waals surface area contributed by atoms with Crippen molar-refractivity contribution in [2.75, 3.05) is 13.2 Å². The van der Waals surface area contributed by atoms with E-state index in [0.29, 0.717) is 12.8 Å². The molecule has 2 unspecified atom stereocenters. The highest BCUT2D eigenvalue weighted by Gasteiger charge is 2.19. The number of carbonyl (C=O) groups excluding carboxylic acids is 3. The zero-order chi connectivity index (χ0) is 42.6. The average Bonchev–Trinajstić information content (AvgIpc) is 3.21. The molecule has 0 aromatic heterocycles. The monoisotopic (exact) mass is 811 g/mol. The predicted octanol–water partition coefficient (Wildman–Crippen LogP) is 11.5. The molecule has 0 aliphatic rings. The Kier molecular flexibility index (Phi) is 40.1. The molecule has 2 atom stereocenters. The lowest BCUT2D eigenvalue weighted by atomic mass is 10.0. The van der Waals surface area contributed by atoms with Gasteiger partial charge >= 0.3 is 11.9 Å². The zero-order valence-electron chi connectivity index (χ0n) is 36.5. The summed E-state index contributed by atoms with van der Waals surface area (Å²) in [6, 6.07) is -1.39. The van der Waals surface area contributed by atoms with E-state index >= 15 is 0 Å². The van der Waals surface area contributed by atoms with E-state index in [4.69, 9.17) is 14.9 Å². The lowest BCUT2D eigenvalue weighted by molar-refractivity contribution is -0.150. The van der Waals surface area contributed by atoms with Gasteiger partial charge in [-0.05, 0) is 109 Å². The predicted molar refractivity (Wildman–Crippen MR) is 240 cm³/mol. The minimum Gasteiger partial charge on any atom is -0.480 e. The van der Waals surface area contributed by atoms with Crippen LogP contribution in [0.25, 0.3) is 0 Å². The van der Waals surface area contributed by atoms with Gasteiger partial charge in [0.05, 0.1) is 13.2 Å². The van der Waals surface area contributed by atoms with Crippen molar-refractivity contribution < 1.29 is 34.1 Å². The van der Waals surface area contributed by atoms with Crippen LogP contribution in [0.5, 0.6) is 0 Å². The first-order chi connectivity index (χ1) is 28.3. The summed E-state index contributed by atoms with van der Waals surface area (Å²) in [6.45, 7) is 3.33. The summed E-state index contributed by atoms with van der Waals surface area (Å²) < 4.78 is 6.02. The zero-order valence-corrected chi connectivity index (χ0v) is 36.5. The number of ether oxygens (including phenoxy) is 1. The van der Waals surface area contributed by atoms with Gasteiger partial charge < -0.3 is 25.6 Å². The molecule has 58 heavy (non-hydrogen) atoms. The van der Waals surface area contributed by atoms with Crippen LogP contribution in [0.15, 0.2) is 72.9 Å². The number of allylic oxidation sites excluding steroid dienone is 12. The third-order valence-electron chi connectivity index (χ3n) is 9.69. The SMILES string of the molecule is CC/C=C\C/C=C\C/C=C\C/C=C\CCCCC(CCCCCCCC(=O)NCC(=O)NC(CO)C(=O)O)OC(=O)CCCCCCC/C=C\C/C=C\CCCCC. The molecular formula is C49H82N2O7. The summed E-state index contributed by atoms with van der Waals surface area (Å²) >= 11 is 0. The molecule has 2 amide bonds. The Morgan fingerprint density at radius 1 is 0.534 bits per heavy atom. The van der Waals surface area contributed by atoms with Crippen LogP contribution in [0.1, 0.15) is 187 Å². The molecule has 9 heteroatoms. The Morgan fingerprint density at radius 3 is 1.52 bits per heavy atom. The maximum absolute atomic E-state index is 12.8. The fourth-order valence-corrected chi connectivity index (χ4v) is 6.21. The summed E-state index contributed by atoms with van der Waals surface area (Å²) in [6.07, 6.45) is 53.5. The van der Waals surface area contributed by atoms with Crippen molar-refractivity contribution in [2.24, 2.45) is 0 Å². The summed E-state index contributed by atoms with van der Waals surface area (Å²) in [5, 5.41) is 22.6. The Bertz CT molecular complexity index is 1200. The molecule has 0 heterocycles. The molecule has 0 spiro atoms. The topological polar surface area (TPSA) is 142 Å². The number of aliphatic carboxylic acids is 1. The number of unbranched alkanes of at least 4 members (excludes halogenated alkanes) is 14. The number of carbonyl (C=O) groups is 4. The highest BCUT2D eigenvalue weighted by Crippen LogP contribution is 2.18. The van der Waals surface area contributed by atoms with Crippen LogP contribution in [0.2, 0.25) is 0 Å². The Morgan fingerprint density at radius 2 is 0.983 bits per heavy atom. The molecule has 0 rings (SSSR count). The quantitative estimate of drug-likeness (QED) is 0.0274. The van der Waals surface area contributed by atoms with Crippen molar-refractivity contribution in [1.82, 2.24) is 10.6 Å². The first kappa shape index (κ1) is 54.3. The number of nitrogens with one attached hydrogen (secondary N) is 2. The number of esters is 1. The van der Waals surface area contributed by atoms with Gasteiger partial charge in [-0.15, -0.1) is 0 Å². The number of aliphatic hydroxyl groups excluding tert-OH is 1. The van der Waals surface area contributed by atoms with Crippen molar-refractivity contribution in [3.63, 3.8) is 0 Å². The largest absolute Gasteiger partial charge is 0.480 e. The molecular weight excluding hydrogens is 729 g/mol. The third-order valence-corrected chi connectivity index (χ3v) is 9.69. The lowest BCUT2D eigenvalue weighted by Crippen LogP contribution is -2.47. The van der Waals surface area contributed by atoms with Gasteiger partial charge in [-0.1, -0.05) is 138 Å². The Balaban J connectivity index is 4.46. The minimum absolute atomic E-state index is 0.0635. The first-order valence-corrected chi connectivity index (χ1v) is 22.8. The molecule has 9 nitrogen and oxygen atoms in total. The van der Waals surface area contributed by atoms with Crippen molar-refractivity contribution in [3.8, 4) is 0 Å². The van der Waals surface area contributed by atoms with Crippen LogP contribution in [-0.2, 0) is 23.9 Å². The van der Waals surface area contributed by atoms with E-state index in [1.165, 1.54) is 38.5 Å². The van der Waals surface area contributed by atoms with Gasteiger partial charge in [-0.3, -0.25) is 14.4 Å². The number of hydrogen-bond donors (Lipinski definition) is 4.